The van der Waals surface area contributed by atoms with Gasteiger partial charge in [-0.2, -0.15) is 0 Å². The SMILES string of the molecule is CNCC1CCCN1C(=O)CCNS(=O)(=O)c1ccc2ccccc2c1.Cl. The number of nitrogens with zero attached hydrogens (tertiary/aromatic N) is 1. The Morgan fingerprint density at radius 2 is 1.93 bits per heavy atom. The lowest BCUT2D eigenvalue weighted by Gasteiger charge is -2.24. The number of fused-ring (bicyclic) bond motifs is 1. The number of likely N-dealkylation sites (N-methyl/N-ethyl adjacent to an activating group) is 1. The zero-order valence-corrected chi connectivity index (χ0v) is 17.0. The van der Waals surface area contributed by atoms with Gasteiger partial charge in [0.2, 0.25) is 15.9 Å². The molecule has 27 heavy (non-hydrogen) atoms. The number of carbonyl (C=O) groups is 1. The van der Waals surface area contributed by atoms with Crippen LogP contribution in [0.5, 0.6) is 0 Å². The predicted molar refractivity (Wildman–Crippen MR) is 110 cm³/mol. The van der Waals surface area contributed by atoms with E-state index in [0.29, 0.717) is 0 Å². The van der Waals surface area contributed by atoms with E-state index in [1.807, 2.05) is 36.2 Å². The minimum atomic E-state index is -3.63. The molecule has 1 heterocycles. The van der Waals surface area contributed by atoms with E-state index in [4.69, 9.17) is 0 Å². The van der Waals surface area contributed by atoms with Gasteiger partial charge in [0.15, 0.2) is 0 Å². The lowest BCUT2D eigenvalue weighted by Crippen LogP contribution is -2.42. The highest BCUT2D eigenvalue weighted by molar-refractivity contribution is 7.89. The van der Waals surface area contributed by atoms with E-state index in [9.17, 15) is 13.2 Å². The molecule has 0 saturated carbocycles. The summed E-state index contributed by atoms with van der Waals surface area (Å²) in [5.41, 5.74) is 0. The number of carbonyl (C=O) groups excluding carboxylic acids is 1. The van der Waals surface area contributed by atoms with E-state index in [1.54, 1.807) is 18.2 Å². The summed E-state index contributed by atoms with van der Waals surface area (Å²) in [7, 11) is -1.75. The van der Waals surface area contributed by atoms with Gasteiger partial charge in [0.1, 0.15) is 0 Å². The molecular weight excluding hydrogens is 386 g/mol. The Morgan fingerprint density at radius 3 is 2.67 bits per heavy atom. The molecule has 0 radical (unpaired) electrons. The average molecular weight is 412 g/mol. The van der Waals surface area contributed by atoms with Crippen LogP contribution >= 0.6 is 12.4 Å². The molecule has 1 atom stereocenters. The summed E-state index contributed by atoms with van der Waals surface area (Å²) in [6, 6.07) is 12.9. The number of hydrogen-bond donors (Lipinski definition) is 2. The first kappa shape index (κ1) is 21.6. The molecule has 0 bridgehead atoms. The van der Waals surface area contributed by atoms with Gasteiger partial charge in [-0.3, -0.25) is 4.79 Å². The molecule has 1 fully saturated rings. The Hall–Kier alpha value is -1.67. The van der Waals surface area contributed by atoms with Crippen LogP contribution < -0.4 is 10.0 Å². The van der Waals surface area contributed by atoms with E-state index >= 15 is 0 Å². The summed E-state index contributed by atoms with van der Waals surface area (Å²) < 4.78 is 27.5. The van der Waals surface area contributed by atoms with Crippen molar-refractivity contribution in [3.8, 4) is 0 Å². The zero-order valence-electron chi connectivity index (χ0n) is 15.3. The Labute approximate surface area is 166 Å². The van der Waals surface area contributed by atoms with Gasteiger partial charge in [0, 0.05) is 32.1 Å². The number of sulfonamides is 1. The summed E-state index contributed by atoms with van der Waals surface area (Å²) in [4.78, 5) is 14.5. The lowest BCUT2D eigenvalue weighted by atomic mass is 10.1. The molecule has 8 heteroatoms. The Balaban J connectivity index is 0.00000261. The molecule has 0 aliphatic carbocycles. The molecule has 1 amide bonds. The number of rotatable bonds is 7. The molecule has 1 unspecified atom stereocenters. The van der Waals surface area contributed by atoms with Crippen LogP contribution in [0.1, 0.15) is 19.3 Å². The third-order valence-electron chi connectivity index (χ3n) is 4.80. The fourth-order valence-electron chi connectivity index (χ4n) is 3.47. The first-order valence-electron chi connectivity index (χ1n) is 8.94. The zero-order chi connectivity index (χ0) is 18.6. The van der Waals surface area contributed by atoms with Crippen molar-refractivity contribution in [3.63, 3.8) is 0 Å². The van der Waals surface area contributed by atoms with Crippen molar-refractivity contribution in [1.29, 1.82) is 0 Å². The van der Waals surface area contributed by atoms with E-state index in [1.165, 1.54) is 0 Å². The van der Waals surface area contributed by atoms with Crippen LogP contribution in [0.15, 0.2) is 47.4 Å². The first-order chi connectivity index (χ1) is 12.5. The molecule has 2 aromatic rings. The van der Waals surface area contributed by atoms with Gasteiger partial charge >= 0.3 is 0 Å². The van der Waals surface area contributed by atoms with E-state index in [-0.39, 0.29) is 42.2 Å². The Bertz CT molecular complexity index is 889. The van der Waals surface area contributed by atoms with Crippen LogP contribution in [0.3, 0.4) is 0 Å². The molecule has 148 valence electrons. The van der Waals surface area contributed by atoms with Gasteiger partial charge in [-0.1, -0.05) is 30.3 Å². The smallest absolute Gasteiger partial charge is 0.240 e. The van der Waals surface area contributed by atoms with Crippen molar-refractivity contribution < 1.29 is 13.2 Å². The number of nitrogens with one attached hydrogen (secondary N) is 2. The van der Waals surface area contributed by atoms with Crippen molar-refractivity contribution in [2.24, 2.45) is 0 Å². The third-order valence-corrected chi connectivity index (χ3v) is 6.26. The summed E-state index contributed by atoms with van der Waals surface area (Å²) in [5.74, 6) is 0.00367. The number of halogens is 1. The topological polar surface area (TPSA) is 78.5 Å². The molecular formula is C19H26ClN3O3S. The molecule has 3 rings (SSSR count). The fraction of sp³-hybridized carbons (Fsp3) is 0.421. The van der Waals surface area contributed by atoms with Crippen molar-refractivity contribution in [2.45, 2.75) is 30.2 Å². The maximum absolute atomic E-state index is 12.5. The standard InChI is InChI=1S/C19H25N3O3S.ClH/c1-20-14-17-7-4-12-22(17)19(23)10-11-21-26(24,25)18-9-8-15-5-2-3-6-16(15)13-18;/h2-3,5-6,8-9,13,17,20-21H,4,7,10-12,14H2,1H3;1H. The first-order valence-corrected chi connectivity index (χ1v) is 10.4. The summed E-state index contributed by atoms with van der Waals surface area (Å²) >= 11 is 0. The Kier molecular flexibility index (Phi) is 7.61. The highest BCUT2D eigenvalue weighted by Crippen LogP contribution is 2.19. The van der Waals surface area contributed by atoms with Gasteiger partial charge < -0.3 is 10.2 Å². The number of likely N-dealkylation sites (tertiary alicyclic amines) is 1. The quantitative estimate of drug-likeness (QED) is 0.731. The fourth-order valence-corrected chi connectivity index (χ4v) is 4.53. The van der Waals surface area contributed by atoms with Gasteiger partial charge in [0.05, 0.1) is 4.90 Å². The van der Waals surface area contributed by atoms with E-state index in [0.717, 1.165) is 36.7 Å². The minimum absolute atomic E-state index is 0. The number of amides is 1. The molecule has 0 aromatic heterocycles. The predicted octanol–water partition coefficient (Wildman–Crippen LogP) is 2.14. The van der Waals surface area contributed by atoms with Crippen molar-refractivity contribution in [2.75, 3.05) is 26.7 Å². The van der Waals surface area contributed by atoms with Crippen LogP contribution in [0.2, 0.25) is 0 Å². The molecule has 2 aromatic carbocycles. The van der Waals surface area contributed by atoms with Crippen LogP contribution in [-0.2, 0) is 14.8 Å². The second kappa shape index (κ2) is 9.50. The number of hydrogen-bond acceptors (Lipinski definition) is 4. The monoisotopic (exact) mass is 411 g/mol. The van der Waals surface area contributed by atoms with Crippen molar-refractivity contribution >= 4 is 39.1 Å². The van der Waals surface area contributed by atoms with Crippen molar-refractivity contribution in [3.05, 3.63) is 42.5 Å². The molecule has 2 N–H and O–H groups in total. The minimum Gasteiger partial charge on any atom is -0.338 e. The number of benzene rings is 2. The summed E-state index contributed by atoms with van der Waals surface area (Å²) in [5, 5.41) is 4.97. The lowest BCUT2D eigenvalue weighted by molar-refractivity contribution is -0.131. The summed E-state index contributed by atoms with van der Waals surface area (Å²) in [6.07, 6.45) is 2.17. The van der Waals surface area contributed by atoms with Crippen molar-refractivity contribution in [1.82, 2.24) is 14.9 Å². The maximum atomic E-state index is 12.5. The van der Waals surface area contributed by atoms with Gasteiger partial charge in [-0.25, -0.2) is 13.1 Å². The summed E-state index contributed by atoms with van der Waals surface area (Å²) in [6.45, 7) is 1.63. The second-order valence-electron chi connectivity index (χ2n) is 6.60. The largest absolute Gasteiger partial charge is 0.338 e. The Morgan fingerprint density at radius 1 is 1.19 bits per heavy atom. The molecule has 1 saturated heterocycles. The van der Waals surface area contributed by atoms with Crippen LogP contribution in [0.25, 0.3) is 10.8 Å². The maximum Gasteiger partial charge on any atom is 0.240 e. The van der Waals surface area contributed by atoms with Gasteiger partial charge in [-0.15, -0.1) is 12.4 Å². The molecule has 6 nitrogen and oxygen atoms in total. The van der Waals surface area contributed by atoms with Crippen LogP contribution in [0, 0.1) is 0 Å². The van der Waals surface area contributed by atoms with Crippen LogP contribution in [-0.4, -0.2) is 51.9 Å². The average Bonchev–Trinajstić information content (AvgIpc) is 3.10. The third kappa shape index (κ3) is 5.19. The molecule has 1 aliphatic heterocycles. The van der Waals surface area contributed by atoms with E-state index < -0.39 is 10.0 Å². The molecule has 1 aliphatic rings. The van der Waals surface area contributed by atoms with Gasteiger partial charge in [-0.05, 0) is 42.8 Å². The second-order valence-corrected chi connectivity index (χ2v) is 8.36. The van der Waals surface area contributed by atoms with E-state index in [2.05, 4.69) is 10.0 Å². The van der Waals surface area contributed by atoms with Gasteiger partial charge in [0.25, 0.3) is 0 Å². The molecule has 0 spiro atoms. The van der Waals surface area contributed by atoms with Crippen LogP contribution in [0.4, 0.5) is 0 Å². The normalized spacial score (nSPS) is 17.1. The highest BCUT2D eigenvalue weighted by Gasteiger charge is 2.27. The highest BCUT2D eigenvalue weighted by atomic mass is 35.5.